The third-order valence-corrected chi connectivity index (χ3v) is 5.77. The second-order valence-corrected chi connectivity index (χ2v) is 7.47. The summed E-state index contributed by atoms with van der Waals surface area (Å²) in [5, 5.41) is 9.75. The first-order chi connectivity index (χ1) is 13.6. The molecule has 1 amide bonds. The summed E-state index contributed by atoms with van der Waals surface area (Å²) in [6.07, 6.45) is 0.451. The average molecular weight is 381 g/mol. The summed E-state index contributed by atoms with van der Waals surface area (Å²) in [6, 6.07) is 16.8. The summed E-state index contributed by atoms with van der Waals surface area (Å²) in [5.41, 5.74) is 0.645. The molecule has 1 N–H and O–H groups in total. The van der Waals surface area contributed by atoms with Crippen molar-refractivity contribution in [3.8, 4) is 5.75 Å². The van der Waals surface area contributed by atoms with Crippen molar-refractivity contribution < 1.29 is 24.2 Å². The Balaban J connectivity index is 1.42. The lowest BCUT2D eigenvalue weighted by Crippen LogP contribution is -2.45. The Labute approximate surface area is 163 Å². The minimum atomic E-state index is -0.878. The number of nitrogens with zero attached hydrogens (tertiary/aromatic N) is 1. The van der Waals surface area contributed by atoms with Crippen LogP contribution in [0.4, 0.5) is 0 Å². The van der Waals surface area contributed by atoms with E-state index in [2.05, 4.69) is 0 Å². The number of hydrogen-bond donors (Lipinski definition) is 1. The highest BCUT2D eigenvalue weighted by Crippen LogP contribution is 2.42. The van der Waals surface area contributed by atoms with Crippen molar-refractivity contribution in [2.24, 2.45) is 11.3 Å². The summed E-state index contributed by atoms with van der Waals surface area (Å²) < 4.78 is 11.2. The fourth-order valence-electron chi connectivity index (χ4n) is 4.06. The molecule has 2 aliphatic rings. The largest absolute Gasteiger partial charge is 0.489 e. The minimum absolute atomic E-state index is 0.134. The highest BCUT2D eigenvalue weighted by atomic mass is 16.5. The number of carboxylic acid groups (broad SMARTS) is 1. The Kier molecular flexibility index (Phi) is 5.05. The molecule has 0 unspecified atom stereocenters. The van der Waals surface area contributed by atoms with Gasteiger partial charge >= 0.3 is 5.97 Å². The van der Waals surface area contributed by atoms with Gasteiger partial charge in [0.05, 0.1) is 12.0 Å². The van der Waals surface area contributed by atoms with Crippen molar-refractivity contribution in [1.82, 2.24) is 4.90 Å². The Bertz CT molecular complexity index is 851. The van der Waals surface area contributed by atoms with E-state index in [4.69, 9.17) is 9.47 Å². The number of benzene rings is 2. The Morgan fingerprint density at radius 1 is 1.14 bits per heavy atom. The zero-order valence-corrected chi connectivity index (χ0v) is 15.5. The molecule has 0 aliphatic carbocycles. The van der Waals surface area contributed by atoms with Crippen LogP contribution in [0.15, 0.2) is 54.6 Å². The van der Waals surface area contributed by atoms with E-state index in [1.807, 2.05) is 42.5 Å². The van der Waals surface area contributed by atoms with Crippen molar-refractivity contribution in [2.45, 2.75) is 13.0 Å². The molecule has 0 spiro atoms. The van der Waals surface area contributed by atoms with Crippen LogP contribution in [0.1, 0.15) is 22.3 Å². The third-order valence-electron chi connectivity index (χ3n) is 5.77. The molecule has 0 radical (unpaired) electrons. The predicted octanol–water partition coefficient (Wildman–Crippen LogP) is 2.83. The van der Waals surface area contributed by atoms with E-state index in [1.165, 1.54) is 0 Å². The number of hydrogen-bond acceptors (Lipinski definition) is 4. The Morgan fingerprint density at radius 3 is 2.57 bits per heavy atom. The first kappa shape index (κ1) is 18.5. The maximum atomic E-state index is 12.9. The van der Waals surface area contributed by atoms with Gasteiger partial charge in [-0.1, -0.05) is 30.3 Å². The van der Waals surface area contributed by atoms with Crippen LogP contribution >= 0.6 is 0 Å². The van der Waals surface area contributed by atoms with Gasteiger partial charge in [0.1, 0.15) is 12.4 Å². The van der Waals surface area contributed by atoms with Gasteiger partial charge in [-0.2, -0.15) is 0 Å². The fraction of sp³-hybridized carbons (Fsp3) is 0.364. The predicted molar refractivity (Wildman–Crippen MR) is 102 cm³/mol. The van der Waals surface area contributed by atoms with E-state index in [0.29, 0.717) is 38.3 Å². The lowest BCUT2D eigenvalue weighted by molar-refractivity contribution is -0.157. The zero-order chi connectivity index (χ0) is 19.6. The van der Waals surface area contributed by atoms with Crippen LogP contribution in [0.25, 0.3) is 0 Å². The molecule has 2 fully saturated rings. The smallest absolute Gasteiger partial charge is 0.311 e. The second-order valence-electron chi connectivity index (χ2n) is 7.47. The van der Waals surface area contributed by atoms with Crippen molar-refractivity contribution in [3.05, 3.63) is 65.7 Å². The van der Waals surface area contributed by atoms with Crippen LogP contribution in [0.2, 0.25) is 0 Å². The van der Waals surface area contributed by atoms with E-state index < -0.39 is 11.4 Å². The molecule has 2 aromatic rings. The summed E-state index contributed by atoms with van der Waals surface area (Å²) in [4.78, 5) is 26.5. The number of rotatable bonds is 5. The first-order valence-electron chi connectivity index (χ1n) is 9.46. The molecule has 2 heterocycles. The van der Waals surface area contributed by atoms with Gasteiger partial charge < -0.3 is 19.5 Å². The van der Waals surface area contributed by atoms with Gasteiger partial charge in [0.15, 0.2) is 0 Å². The van der Waals surface area contributed by atoms with Gasteiger partial charge in [-0.3, -0.25) is 9.59 Å². The molecule has 6 nitrogen and oxygen atoms in total. The molecule has 2 atom stereocenters. The topological polar surface area (TPSA) is 76.1 Å². The van der Waals surface area contributed by atoms with Crippen molar-refractivity contribution >= 4 is 11.9 Å². The number of aliphatic carboxylic acids is 1. The third kappa shape index (κ3) is 3.47. The van der Waals surface area contributed by atoms with Gasteiger partial charge in [0, 0.05) is 31.2 Å². The quantitative estimate of drug-likeness (QED) is 0.862. The highest BCUT2D eigenvalue weighted by molar-refractivity contribution is 5.95. The fourth-order valence-corrected chi connectivity index (χ4v) is 4.06. The van der Waals surface area contributed by atoms with Crippen molar-refractivity contribution in [1.29, 1.82) is 0 Å². The van der Waals surface area contributed by atoms with Crippen molar-refractivity contribution in [2.75, 3.05) is 26.3 Å². The molecular formula is C22H23NO5. The Morgan fingerprint density at radius 2 is 1.89 bits per heavy atom. The van der Waals surface area contributed by atoms with Crippen LogP contribution in [0.3, 0.4) is 0 Å². The summed E-state index contributed by atoms with van der Waals surface area (Å²) in [7, 11) is 0. The zero-order valence-electron chi connectivity index (χ0n) is 15.5. The van der Waals surface area contributed by atoms with Gasteiger partial charge in [0.2, 0.25) is 0 Å². The van der Waals surface area contributed by atoms with Crippen molar-refractivity contribution in [3.63, 3.8) is 0 Å². The van der Waals surface area contributed by atoms with Crippen LogP contribution in [0, 0.1) is 11.3 Å². The lowest BCUT2D eigenvalue weighted by Gasteiger charge is -2.33. The highest BCUT2D eigenvalue weighted by Gasteiger charge is 2.54. The summed E-state index contributed by atoms with van der Waals surface area (Å²) in [6.45, 7) is 1.91. The molecule has 2 aromatic carbocycles. The number of likely N-dealkylation sites (tertiary alicyclic amines) is 1. The maximum Gasteiger partial charge on any atom is 0.311 e. The van der Waals surface area contributed by atoms with E-state index in [0.717, 1.165) is 11.3 Å². The number of para-hydroxylation sites is 1. The van der Waals surface area contributed by atoms with E-state index in [1.54, 1.807) is 17.0 Å². The summed E-state index contributed by atoms with van der Waals surface area (Å²) >= 11 is 0. The molecule has 0 saturated carbocycles. The second kappa shape index (κ2) is 7.64. The number of amides is 1. The van der Waals surface area contributed by atoms with Gasteiger partial charge in [-0.15, -0.1) is 0 Å². The molecule has 0 bridgehead atoms. The van der Waals surface area contributed by atoms with Gasteiger partial charge in [-0.25, -0.2) is 0 Å². The SMILES string of the molecule is O=C(c1ccc(COc2ccccc2)cc1)N1C[C@@H]2COCC[C@]2(C(=O)O)C1. The van der Waals surface area contributed by atoms with Crippen LogP contribution < -0.4 is 4.74 Å². The average Bonchev–Trinajstić information content (AvgIpc) is 3.14. The van der Waals surface area contributed by atoms with Gasteiger partial charge in [0.25, 0.3) is 5.91 Å². The standard InChI is InChI=1S/C22H23NO5/c24-20(23-12-18-14-27-11-10-22(18,15-23)21(25)26)17-8-6-16(7-9-17)13-28-19-4-2-1-3-5-19/h1-9,18H,10-15H2,(H,25,26)/t18-,22+/m1/s1. The monoisotopic (exact) mass is 381 g/mol. The molecule has 2 aliphatic heterocycles. The van der Waals surface area contributed by atoms with Crippen LogP contribution in [-0.4, -0.2) is 48.2 Å². The van der Waals surface area contributed by atoms with E-state index in [9.17, 15) is 14.7 Å². The molecular weight excluding hydrogens is 358 g/mol. The van der Waals surface area contributed by atoms with Gasteiger partial charge in [-0.05, 0) is 36.2 Å². The number of fused-ring (bicyclic) bond motifs is 1. The molecule has 146 valence electrons. The number of ether oxygens (including phenoxy) is 2. The maximum absolute atomic E-state index is 12.9. The molecule has 4 rings (SSSR count). The number of carbonyl (C=O) groups is 2. The summed E-state index contributed by atoms with van der Waals surface area (Å²) in [5.74, 6) is -0.320. The molecule has 28 heavy (non-hydrogen) atoms. The number of carbonyl (C=O) groups excluding carboxylic acids is 1. The Hall–Kier alpha value is -2.86. The van der Waals surface area contributed by atoms with Crippen LogP contribution in [0.5, 0.6) is 5.75 Å². The minimum Gasteiger partial charge on any atom is -0.489 e. The normalized spacial score (nSPS) is 23.9. The molecule has 6 heteroatoms. The molecule has 0 aromatic heterocycles. The van der Waals surface area contributed by atoms with E-state index >= 15 is 0 Å². The first-order valence-corrected chi connectivity index (χ1v) is 9.46. The molecule has 2 saturated heterocycles. The van der Waals surface area contributed by atoms with Crippen LogP contribution in [-0.2, 0) is 16.1 Å². The van der Waals surface area contributed by atoms with E-state index in [-0.39, 0.29) is 18.4 Å². The number of carboxylic acids is 1. The lowest BCUT2D eigenvalue weighted by atomic mass is 9.74.